The molecule has 0 unspecified atom stereocenters. The summed E-state index contributed by atoms with van der Waals surface area (Å²) in [7, 11) is 0. The molecule has 1 aromatic heterocycles. The Balaban J connectivity index is 1.52. The van der Waals surface area contributed by atoms with E-state index in [-0.39, 0.29) is 28.0 Å². The smallest absolute Gasteiger partial charge is 0.270 e. The number of nitro benzene ring substituents is 1. The van der Waals surface area contributed by atoms with Crippen LogP contribution in [0.15, 0.2) is 65.1 Å². The number of nitro groups is 1. The third-order valence-corrected chi connectivity index (χ3v) is 5.10. The van der Waals surface area contributed by atoms with Gasteiger partial charge >= 0.3 is 0 Å². The van der Waals surface area contributed by atoms with Gasteiger partial charge in [0, 0.05) is 23.4 Å². The van der Waals surface area contributed by atoms with Crippen molar-refractivity contribution < 1.29 is 19.2 Å². The number of hydrogen-bond acceptors (Lipinski definition) is 7. The Bertz CT molecular complexity index is 1400. The van der Waals surface area contributed by atoms with E-state index in [0.717, 1.165) is 18.1 Å². The Hall–Kier alpha value is -4.31. The largest absolute Gasteiger partial charge is 0.507 e. The van der Waals surface area contributed by atoms with E-state index in [9.17, 15) is 20.0 Å². The lowest BCUT2D eigenvalue weighted by atomic mass is 10.1. The number of aromatic nitrogens is 1. The van der Waals surface area contributed by atoms with Gasteiger partial charge in [0.05, 0.1) is 10.5 Å². The molecule has 166 valence electrons. The molecule has 0 aliphatic carbocycles. The van der Waals surface area contributed by atoms with Gasteiger partial charge in [-0.3, -0.25) is 20.2 Å². The summed E-state index contributed by atoms with van der Waals surface area (Å²) in [5, 5.41) is 26.5. The highest BCUT2D eigenvalue weighted by atomic mass is 32.1. The van der Waals surface area contributed by atoms with Crippen LogP contribution < -0.4 is 10.6 Å². The van der Waals surface area contributed by atoms with Crippen LogP contribution in [0.4, 0.5) is 11.4 Å². The van der Waals surface area contributed by atoms with Crippen molar-refractivity contribution in [3.63, 3.8) is 0 Å². The molecule has 3 N–H and O–H groups in total. The van der Waals surface area contributed by atoms with Crippen LogP contribution in [0.1, 0.15) is 22.8 Å². The number of fused-ring (bicyclic) bond motifs is 1. The molecule has 0 saturated carbocycles. The minimum Gasteiger partial charge on any atom is -0.507 e. The van der Waals surface area contributed by atoms with E-state index >= 15 is 0 Å². The normalized spacial score (nSPS) is 10.7. The number of anilines is 1. The van der Waals surface area contributed by atoms with Crippen LogP contribution in [-0.2, 0) is 6.42 Å². The fourth-order valence-corrected chi connectivity index (χ4v) is 3.40. The number of aromatic hydroxyl groups is 1. The number of nitrogens with one attached hydrogen (secondary N) is 2. The van der Waals surface area contributed by atoms with Crippen LogP contribution in [0.2, 0.25) is 0 Å². The topological polar surface area (TPSA) is 131 Å². The Morgan fingerprint density at radius 1 is 1.18 bits per heavy atom. The average Bonchev–Trinajstić information content (AvgIpc) is 3.23. The predicted molar refractivity (Wildman–Crippen MR) is 127 cm³/mol. The molecule has 0 saturated heterocycles. The van der Waals surface area contributed by atoms with Crippen molar-refractivity contribution in [2.45, 2.75) is 13.3 Å². The average molecular weight is 462 g/mol. The number of nitrogens with zero attached hydrogens (tertiary/aromatic N) is 2. The first-order valence-corrected chi connectivity index (χ1v) is 10.3. The van der Waals surface area contributed by atoms with E-state index in [1.807, 2.05) is 25.1 Å². The number of phenolic OH excluding ortho intramolecular Hbond substituents is 1. The van der Waals surface area contributed by atoms with Crippen LogP contribution in [0.25, 0.3) is 22.6 Å². The molecular weight excluding hydrogens is 444 g/mol. The minimum absolute atomic E-state index is 0.0201. The van der Waals surface area contributed by atoms with Crippen molar-refractivity contribution in [2.24, 2.45) is 0 Å². The number of aryl methyl sites for hydroxylation is 1. The van der Waals surface area contributed by atoms with Gasteiger partial charge in [0.2, 0.25) is 5.89 Å². The van der Waals surface area contributed by atoms with Crippen molar-refractivity contribution in [2.75, 3.05) is 5.32 Å². The number of hydrogen-bond donors (Lipinski definition) is 3. The van der Waals surface area contributed by atoms with Gasteiger partial charge in [-0.25, -0.2) is 4.98 Å². The van der Waals surface area contributed by atoms with Gasteiger partial charge in [-0.2, -0.15) is 0 Å². The highest BCUT2D eigenvalue weighted by Gasteiger charge is 2.16. The summed E-state index contributed by atoms with van der Waals surface area (Å²) in [4.78, 5) is 27.2. The van der Waals surface area contributed by atoms with E-state index in [2.05, 4.69) is 15.6 Å². The Morgan fingerprint density at radius 2 is 2.00 bits per heavy atom. The summed E-state index contributed by atoms with van der Waals surface area (Å²) in [6, 6.07) is 15.7. The molecule has 0 radical (unpaired) electrons. The standard InChI is InChI=1S/C23H18N4O5S/c1-2-13-6-9-20-18(10-13)25-22(32-20)17-12-15(7-8-19(17)28)24-23(33)26-21(29)14-4-3-5-16(11-14)27(30)31/h3-12,28H,2H2,1H3,(H2,24,26,29,33). The van der Waals surface area contributed by atoms with E-state index in [4.69, 9.17) is 16.6 Å². The fourth-order valence-electron chi connectivity index (χ4n) is 3.19. The lowest BCUT2D eigenvalue weighted by Crippen LogP contribution is -2.34. The number of thiocarbonyl (C=S) groups is 1. The molecule has 0 spiro atoms. The molecule has 9 nitrogen and oxygen atoms in total. The summed E-state index contributed by atoms with van der Waals surface area (Å²) in [5.74, 6) is -0.388. The first-order chi connectivity index (χ1) is 15.8. The number of phenols is 1. The van der Waals surface area contributed by atoms with E-state index in [0.29, 0.717) is 22.4 Å². The first-order valence-electron chi connectivity index (χ1n) is 9.93. The maximum absolute atomic E-state index is 12.4. The molecule has 0 aliphatic heterocycles. The molecule has 0 bridgehead atoms. The Morgan fingerprint density at radius 3 is 2.76 bits per heavy atom. The number of oxazole rings is 1. The maximum atomic E-state index is 12.4. The zero-order valence-corrected chi connectivity index (χ0v) is 18.2. The lowest BCUT2D eigenvalue weighted by Gasteiger charge is -2.11. The molecule has 0 atom stereocenters. The second-order valence-electron chi connectivity index (χ2n) is 7.12. The van der Waals surface area contributed by atoms with Crippen molar-refractivity contribution in [3.05, 3.63) is 81.9 Å². The number of rotatable bonds is 5. The number of carbonyl (C=O) groups excluding carboxylic acids is 1. The van der Waals surface area contributed by atoms with Gasteiger partial charge < -0.3 is 14.8 Å². The van der Waals surface area contributed by atoms with Crippen LogP contribution in [-0.4, -0.2) is 26.0 Å². The minimum atomic E-state index is -0.596. The highest BCUT2D eigenvalue weighted by Crippen LogP contribution is 2.33. The summed E-state index contributed by atoms with van der Waals surface area (Å²) in [6.07, 6.45) is 0.863. The summed E-state index contributed by atoms with van der Waals surface area (Å²) < 4.78 is 5.79. The van der Waals surface area contributed by atoms with Crippen LogP contribution >= 0.6 is 12.2 Å². The van der Waals surface area contributed by atoms with E-state index in [1.54, 1.807) is 12.1 Å². The Kier molecular flexibility index (Phi) is 6.01. The molecule has 4 rings (SSSR count). The van der Waals surface area contributed by atoms with Gasteiger partial charge in [0.25, 0.3) is 11.6 Å². The molecule has 33 heavy (non-hydrogen) atoms. The van der Waals surface area contributed by atoms with E-state index < -0.39 is 10.8 Å². The van der Waals surface area contributed by atoms with E-state index in [1.165, 1.54) is 24.3 Å². The molecule has 1 amide bonds. The van der Waals surface area contributed by atoms with Gasteiger partial charge in [-0.1, -0.05) is 19.1 Å². The second kappa shape index (κ2) is 9.05. The van der Waals surface area contributed by atoms with Gasteiger partial charge in [-0.15, -0.1) is 0 Å². The molecule has 3 aromatic carbocycles. The monoisotopic (exact) mass is 462 g/mol. The van der Waals surface area contributed by atoms with Crippen molar-refractivity contribution in [3.8, 4) is 17.2 Å². The highest BCUT2D eigenvalue weighted by molar-refractivity contribution is 7.80. The zero-order chi connectivity index (χ0) is 23.5. The number of benzene rings is 3. The zero-order valence-electron chi connectivity index (χ0n) is 17.4. The predicted octanol–water partition coefficient (Wildman–Crippen LogP) is 4.80. The van der Waals surface area contributed by atoms with Gasteiger partial charge in [-0.05, 0) is 60.6 Å². The van der Waals surface area contributed by atoms with Crippen molar-refractivity contribution >= 4 is 45.7 Å². The molecule has 10 heteroatoms. The fraction of sp³-hybridized carbons (Fsp3) is 0.0870. The number of carbonyl (C=O) groups is 1. The summed E-state index contributed by atoms with van der Waals surface area (Å²) >= 11 is 5.19. The quantitative estimate of drug-likeness (QED) is 0.167. The summed E-state index contributed by atoms with van der Waals surface area (Å²) in [6.45, 7) is 2.05. The molecular formula is C23H18N4O5S. The first kappa shape index (κ1) is 21.9. The van der Waals surface area contributed by atoms with Crippen molar-refractivity contribution in [1.29, 1.82) is 0 Å². The van der Waals surface area contributed by atoms with Crippen molar-refractivity contribution in [1.82, 2.24) is 10.3 Å². The third kappa shape index (κ3) is 4.80. The second-order valence-corrected chi connectivity index (χ2v) is 7.53. The van der Waals surface area contributed by atoms with Gasteiger partial charge in [0.15, 0.2) is 10.7 Å². The SMILES string of the molecule is CCc1ccc2oc(-c3cc(NC(=S)NC(=O)c4cccc([N+](=O)[O-])c4)ccc3O)nc2c1. The molecule has 1 heterocycles. The number of amides is 1. The lowest BCUT2D eigenvalue weighted by molar-refractivity contribution is -0.384. The van der Waals surface area contributed by atoms with Crippen LogP contribution in [0.5, 0.6) is 5.75 Å². The maximum Gasteiger partial charge on any atom is 0.270 e. The van der Waals surface area contributed by atoms with Crippen LogP contribution in [0, 0.1) is 10.1 Å². The van der Waals surface area contributed by atoms with Gasteiger partial charge in [0.1, 0.15) is 11.3 Å². The molecule has 0 fully saturated rings. The Labute approximate surface area is 193 Å². The molecule has 4 aromatic rings. The molecule has 0 aliphatic rings. The third-order valence-electron chi connectivity index (χ3n) is 4.89. The summed E-state index contributed by atoms with van der Waals surface area (Å²) in [5.41, 5.74) is 3.12. The van der Waals surface area contributed by atoms with Crippen LogP contribution in [0.3, 0.4) is 0 Å². The number of non-ortho nitro benzene ring substituents is 1.